The Hall–Kier alpha value is -3.46. The number of benzene rings is 2. The van der Waals surface area contributed by atoms with Crippen molar-refractivity contribution < 1.29 is 19.0 Å². The zero-order chi connectivity index (χ0) is 19.1. The summed E-state index contributed by atoms with van der Waals surface area (Å²) in [5, 5.41) is 12.1. The Labute approximate surface area is 152 Å². The summed E-state index contributed by atoms with van der Waals surface area (Å²) in [4.78, 5) is 12.6. The van der Waals surface area contributed by atoms with Crippen molar-refractivity contribution in [3.63, 3.8) is 0 Å². The van der Waals surface area contributed by atoms with Crippen LogP contribution >= 0.6 is 0 Å². The fourth-order valence-corrected chi connectivity index (χ4v) is 2.44. The molecule has 1 N–H and O–H groups in total. The Balaban J connectivity index is 2.37. The average Bonchev–Trinajstić information content (AvgIpc) is 2.65. The average molecular weight is 352 g/mol. The van der Waals surface area contributed by atoms with Gasteiger partial charge < -0.3 is 19.5 Å². The first-order valence-electron chi connectivity index (χ1n) is 7.82. The number of methoxy groups -OCH3 is 3. The first-order chi connectivity index (χ1) is 12.5. The van der Waals surface area contributed by atoms with Crippen molar-refractivity contribution in [2.45, 2.75) is 6.92 Å². The summed E-state index contributed by atoms with van der Waals surface area (Å²) in [6.45, 7) is 1.90. The minimum atomic E-state index is -0.540. The largest absolute Gasteiger partial charge is 0.495 e. The van der Waals surface area contributed by atoms with Gasteiger partial charge in [-0.1, -0.05) is 18.2 Å². The summed E-state index contributed by atoms with van der Waals surface area (Å²) >= 11 is 0. The Morgan fingerprint density at radius 1 is 1.08 bits per heavy atom. The third kappa shape index (κ3) is 4.14. The van der Waals surface area contributed by atoms with Crippen LogP contribution in [0, 0.1) is 18.3 Å². The molecule has 0 unspecified atom stereocenters. The molecule has 0 spiro atoms. The molecule has 2 aromatic rings. The van der Waals surface area contributed by atoms with Gasteiger partial charge in [-0.05, 0) is 36.8 Å². The highest BCUT2D eigenvalue weighted by Gasteiger charge is 2.15. The molecule has 0 saturated carbocycles. The quantitative estimate of drug-likeness (QED) is 0.635. The van der Waals surface area contributed by atoms with Crippen LogP contribution < -0.4 is 19.5 Å². The number of nitriles is 1. The van der Waals surface area contributed by atoms with Gasteiger partial charge in [-0.3, -0.25) is 4.79 Å². The van der Waals surface area contributed by atoms with Gasteiger partial charge in [-0.2, -0.15) is 5.26 Å². The number of aryl methyl sites for hydroxylation is 1. The van der Waals surface area contributed by atoms with E-state index in [4.69, 9.17) is 14.2 Å². The molecule has 0 saturated heterocycles. The van der Waals surface area contributed by atoms with Crippen molar-refractivity contribution in [3.05, 3.63) is 53.1 Å². The van der Waals surface area contributed by atoms with Crippen LogP contribution in [0.4, 0.5) is 5.69 Å². The molecule has 2 aromatic carbocycles. The van der Waals surface area contributed by atoms with E-state index in [1.165, 1.54) is 27.4 Å². The molecule has 0 fully saturated rings. The Morgan fingerprint density at radius 3 is 2.42 bits per heavy atom. The molecule has 0 heterocycles. The lowest BCUT2D eigenvalue weighted by atomic mass is 10.1. The predicted molar refractivity (Wildman–Crippen MR) is 99.5 cm³/mol. The molecule has 2 rings (SSSR count). The number of rotatable bonds is 6. The molecule has 6 nitrogen and oxygen atoms in total. The van der Waals surface area contributed by atoms with Gasteiger partial charge in [0, 0.05) is 5.56 Å². The van der Waals surface area contributed by atoms with Gasteiger partial charge in [0.2, 0.25) is 0 Å². The standard InChI is InChI=1S/C20H20N2O4/c1-13-8-9-17(24-2)16(10-13)22-20(23)15(12-21)11-14-6-5-7-18(25-3)19(14)26-4/h5-11H,1-4H3,(H,22,23)/b15-11+. The molecule has 1 amide bonds. The van der Waals surface area contributed by atoms with E-state index in [0.717, 1.165) is 5.56 Å². The van der Waals surface area contributed by atoms with Crippen LogP contribution in [0.1, 0.15) is 11.1 Å². The number of hydrogen-bond acceptors (Lipinski definition) is 5. The fourth-order valence-electron chi connectivity index (χ4n) is 2.44. The molecular weight excluding hydrogens is 332 g/mol. The highest BCUT2D eigenvalue weighted by Crippen LogP contribution is 2.32. The normalized spacial score (nSPS) is 10.7. The fraction of sp³-hybridized carbons (Fsp3) is 0.200. The topological polar surface area (TPSA) is 80.6 Å². The SMILES string of the molecule is COc1ccc(C)cc1NC(=O)/C(C#N)=C/c1cccc(OC)c1OC. The van der Waals surface area contributed by atoms with Gasteiger partial charge in [0.15, 0.2) is 11.5 Å². The van der Waals surface area contributed by atoms with Crippen LogP contribution in [-0.4, -0.2) is 27.2 Å². The molecule has 0 aromatic heterocycles. The van der Waals surface area contributed by atoms with Crippen molar-refractivity contribution >= 4 is 17.7 Å². The van der Waals surface area contributed by atoms with E-state index in [1.807, 2.05) is 19.1 Å². The molecule has 134 valence electrons. The zero-order valence-corrected chi connectivity index (χ0v) is 15.1. The lowest BCUT2D eigenvalue weighted by Gasteiger charge is -2.12. The summed E-state index contributed by atoms with van der Waals surface area (Å²) in [6.07, 6.45) is 1.46. The molecule has 0 radical (unpaired) electrons. The van der Waals surface area contributed by atoms with Crippen LogP contribution in [-0.2, 0) is 4.79 Å². The van der Waals surface area contributed by atoms with Crippen LogP contribution in [0.3, 0.4) is 0 Å². The second-order valence-corrected chi connectivity index (χ2v) is 5.41. The van der Waals surface area contributed by atoms with E-state index in [2.05, 4.69) is 5.32 Å². The van der Waals surface area contributed by atoms with Crippen LogP contribution in [0.15, 0.2) is 42.0 Å². The molecular formula is C20H20N2O4. The Kier molecular flexibility index (Phi) is 6.23. The summed E-state index contributed by atoms with van der Waals surface area (Å²) in [6, 6.07) is 12.6. The number of para-hydroxylation sites is 1. The van der Waals surface area contributed by atoms with Gasteiger partial charge in [0.25, 0.3) is 5.91 Å². The number of anilines is 1. The number of ether oxygens (including phenoxy) is 3. The van der Waals surface area contributed by atoms with E-state index >= 15 is 0 Å². The zero-order valence-electron chi connectivity index (χ0n) is 15.1. The highest BCUT2D eigenvalue weighted by molar-refractivity contribution is 6.10. The first kappa shape index (κ1) is 18.9. The number of nitrogens with zero attached hydrogens (tertiary/aromatic N) is 1. The summed E-state index contributed by atoms with van der Waals surface area (Å²) in [5.74, 6) is 0.935. The van der Waals surface area contributed by atoms with E-state index in [1.54, 1.807) is 30.3 Å². The van der Waals surface area contributed by atoms with Gasteiger partial charge >= 0.3 is 0 Å². The minimum absolute atomic E-state index is 0.0693. The maximum atomic E-state index is 12.6. The van der Waals surface area contributed by atoms with Gasteiger partial charge in [0.05, 0.1) is 27.0 Å². The maximum absolute atomic E-state index is 12.6. The molecule has 26 heavy (non-hydrogen) atoms. The number of nitrogens with one attached hydrogen (secondary N) is 1. The number of amides is 1. The second kappa shape index (κ2) is 8.58. The van der Waals surface area contributed by atoms with E-state index < -0.39 is 5.91 Å². The molecule has 0 aliphatic heterocycles. The highest BCUT2D eigenvalue weighted by atomic mass is 16.5. The van der Waals surface area contributed by atoms with Gasteiger partial charge in [-0.25, -0.2) is 0 Å². The van der Waals surface area contributed by atoms with Crippen LogP contribution in [0.25, 0.3) is 6.08 Å². The van der Waals surface area contributed by atoms with E-state index in [0.29, 0.717) is 28.5 Å². The third-order valence-electron chi connectivity index (χ3n) is 3.70. The lowest BCUT2D eigenvalue weighted by Crippen LogP contribution is -2.14. The molecule has 0 aliphatic carbocycles. The van der Waals surface area contributed by atoms with Crippen LogP contribution in [0.5, 0.6) is 17.2 Å². The van der Waals surface area contributed by atoms with E-state index in [9.17, 15) is 10.1 Å². The summed E-state index contributed by atoms with van der Waals surface area (Å²) in [5.41, 5.74) is 1.95. The smallest absolute Gasteiger partial charge is 0.266 e. The van der Waals surface area contributed by atoms with Gasteiger partial charge in [0.1, 0.15) is 17.4 Å². The van der Waals surface area contributed by atoms with Crippen molar-refractivity contribution in [3.8, 4) is 23.3 Å². The molecule has 0 atom stereocenters. The van der Waals surface area contributed by atoms with Crippen molar-refractivity contribution in [2.75, 3.05) is 26.6 Å². The summed E-state index contributed by atoms with van der Waals surface area (Å²) < 4.78 is 15.8. The predicted octanol–water partition coefficient (Wildman–Crippen LogP) is 3.57. The number of carbonyl (C=O) groups excluding carboxylic acids is 1. The number of carbonyl (C=O) groups is 1. The number of hydrogen-bond donors (Lipinski definition) is 1. The maximum Gasteiger partial charge on any atom is 0.266 e. The molecule has 6 heteroatoms. The van der Waals surface area contributed by atoms with E-state index in [-0.39, 0.29) is 5.57 Å². The van der Waals surface area contributed by atoms with Crippen molar-refractivity contribution in [1.29, 1.82) is 5.26 Å². The second-order valence-electron chi connectivity index (χ2n) is 5.41. The minimum Gasteiger partial charge on any atom is -0.495 e. The van der Waals surface area contributed by atoms with Crippen LogP contribution in [0.2, 0.25) is 0 Å². The molecule has 0 aliphatic rings. The third-order valence-corrected chi connectivity index (χ3v) is 3.70. The van der Waals surface area contributed by atoms with Crippen molar-refractivity contribution in [2.24, 2.45) is 0 Å². The Bertz CT molecular complexity index is 882. The summed E-state index contributed by atoms with van der Waals surface area (Å²) in [7, 11) is 4.54. The first-order valence-corrected chi connectivity index (χ1v) is 7.82. The lowest BCUT2D eigenvalue weighted by molar-refractivity contribution is -0.112. The van der Waals surface area contributed by atoms with Crippen molar-refractivity contribution in [1.82, 2.24) is 0 Å². The monoisotopic (exact) mass is 352 g/mol. The molecule has 0 bridgehead atoms. The van der Waals surface area contributed by atoms with Gasteiger partial charge in [-0.15, -0.1) is 0 Å². The Morgan fingerprint density at radius 2 is 1.81 bits per heavy atom.